The van der Waals surface area contributed by atoms with Crippen molar-refractivity contribution in [3.8, 4) is 5.75 Å². The third kappa shape index (κ3) is 4.61. The Bertz CT molecular complexity index is 734. The van der Waals surface area contributed by atoms with Gasteiger partial charge in [0.25, 0.3) is 5.91 Å². The summed E-state index contributed by atoms with van der Waals surface area (Å²) in [5.74, 6) is -0.669. The van der Waals surface area contributed by atoms with Crippen molar-refractivity contribution in [3.05, 3.63) is 58.1 Å². The molecular weight excluding hydrogens is 341 g/mol. The molecule has 0 spiro atoms. The Kier molecular flexibility index (Phi) is 5.84. The molecule has 0 aliphatic rings. The fourth-order valence-electron chi connectivity index (χ4n) is 1.79. The van der Waals surface area contributed by atoms with Crippen molar-refractivity contribution in [2.75, 3.05) is 19.0 Å². The fourth-order valence-corrected chi connectivity index (χ4v) is 2.08. The molecule has 0 saturated heterocycles. The number of carbonyl (C=O) groups excluding carboxylic acids is 2. The summed E-state index contributed by atoms with van der Waals surface area (Å²) >= 11 is 11.7. The summed E-state index contributed by atoms with van der Waals surface area (Å²) in [6.45, 7) is -0.270. The van der Waals surface area contributed by atoms with E-state index in [1.807, 2.05) is 0 Å². The number of esters is 1. The molecule has 0 bridgehead atoms. The summed E-state index contributed by atoms with van der Waals surface area (Å²) in [4.78, 5) is 23.5. The maximum Gasteiger partial charge on any atom is 0.341 e. The van der Waals surface area contributed by atoms with Gasteiger partial charge < -0.3 is 14.8 Å². The van der Waals surface area contributed by atoms with Gasteiger partial charge in [-0.25, -0.2) is 4.79 Å². The van der Waals surface area contributed by atoms with Crippen LogP contribution < -0.4 is 10.1 Å². The van der Waals surface area contributed by atoms with Crippen LogP contribution >= 0.6 is 23.2 Å². The summed E-state index contributed by atoms with van der Waals surface area (Å²) in [6, 6.07) is 11.2. The summed E-state index contributed by atoms with van der Waals surface area (Å²) in [7, 11) is 1.27. The molecule has 2 aromatic carbocycles. The molecule has 2 aromatic rings. The van der Waals surface area contributed by atoms with E-state index in [9.17, 15) is 9.59 Å². The SMILES string of the molecule is COC(=O)c1ccccc1OCC(=O)Nc1ccc(Cl)c(Cl)c1. The Morgan fingerprint density at radius 2 is 1.83 bits per heavy atom. The summed E-state index contributed by atoms with van der Waals surface area (Å²) in [6.07, 6.45) is 0. The molecule has 7 heteroatoms. The normalized spacial score (nSPS) is 10.0. The van der Waals surface area contributed by atoms with Gasteiger partial charge in [-0.1, -0.05) is 35.3 Å². The van der Waals surface area contributed by atoms with Gasteiger partial charge in [0, 0.05) is 5.69 Å². The Balaban J connectivity index is 1.99. The Labute approximate surface area is 143 Å². The van der Waals surface area contributed by atoms with Gasteiger partial charge in [-0.05, 0) is 30.3 Å². The van der Waals surface area contributed by atoms with Gasteiger partial charge in [0.15, 0.2) is 6.61 Å². The number of methoxy groups -OCH3 is 1. The van der Waals surface area contributed by atoms with Crippen LogP contribution in [-0.4, -0.2) is 25.6 Å². The highest BCUT2D eigenvalue weighted by Gasteiger charge is 2.13. The van der Waals surface area contributed by atoms with Crippen LogP contribution in [0.2, 0.25) is 10.0 Å². The maximum atomic E-state index is 11.9. The molecule has 0 unspecified atom stereocenters. The number of rotatable bonds is 5. The molecule has 2 rings (SSSR count). The van der Waals surface area contributed by atoms with Crippen molar-refractivity contribution in [1.29, 1.82) is 0 Å². The first-order chi connectivity index (χ1) is 11.0. The first-order valence-electron chi connectivity index (χ1n) is 6.56. The molecule has 5 nitrogen and oxygen atoms in total. The van der Waals surface area contributed by atoms with Crippen molar-refractivity contribution in [1.82, 2.24) is 0 Å². The molecule has 0 radical (unpaired) electrons. The van der Waals surface area contributed by atoms with Gasteiger partial charge in [-0.15, -0.1) is 0 Å². The molecule has 1 N–H and O–H groups in total. The average Bonchev–Trinajstić information content (AvgIpc) is 2.56. The predicted molar refractivity (Wildman–Crippen MR) is 88.4 cm³/mol. The van der Waals surface area contributed by atoms with Crippen LogP contribution in [0, 0.1) is 0 Å². The lowest BCUT2D eigenvalue weighted by molar-refractivity contribution is -0.118. The molecule has 0 fully saturated rings. The second-order valence-corrected chi connectivity index (χ2v) is 5.27. The maximum absolute atomic E-state index is 11.9. The molecular formula is C16H13Cl2NO4. The monoisotopic (exact) mass is 353 g/mol. The lowest BCUT2D eigenvalue weighted by Crippen LogP contribution is -2.21. The van der Waals surface area contributed by atoms with E-state index in [2.05, 4.69) is 10.1 Å². The zero-order chi connectivity index (χ0) is 16.8. The lowest BCUT2D eigenvalue weighted by atomic mass is 10.2. The number of anilines is 1. The van der Waals surface area contributed by atoms with E-state index >= 15 is 0 Å². The number of nitrogens with one attached hydrogen (secondary N) is 1. The molecule has 0 saturated carbocycles. The standard InChI is InChI=1S/C16H13Cl2NO4/c1-22-16(21)11-4-2-3-5-14(11)23-9-15(20)19-10-6-7-12(17)13(18)8-10/h2-8H,9H2,1H3,(H,19,20). The van der Waals surface area contributed by atoms with E-state index in [0.29, 0.717) is 15.7 Å². The van der Waals surface area contributed by atoms with Crippen LogP contribution in [0.4, 0.5) is 5.69 Å². The van der Waals surface area contributed by atoms with E-state index in [4.69, 9.17) is 27.9 Å². The van der Waals surface area contributed by atoms with Crippen molar-refractivity contribution in [3.63, 3.8) is 0 Å². The fraction of sp³-hybridized carbons (Fsp3) is 0.125. The zero-order valence-corrected chi connectivity index (χ0v) is 13.6. The van der Waals surface area contributed by atoms with Gasteiger partial charge in [0.1, 0.15) is 11.3 Å². The third-order valence-corrected chi connectivity index (χ3v) is 3.59. The van der Waals surface area contributed by atoms with Gasteiger partial charge in [0.05, 0.1) is 17.2 Å². The van der Waals surface area contributed by atoms with E-state index in [1.165, 1.54) is 13.2 Å². The first-order valence-corrected chi connectivity index (χ1v) is 7.32. The van der Waals surface area contributed by atoms with Crippen LogP contribution in [0.15, 0.2) is 42.5 Å². The van der Waals surface area contributed by atoms with E-state index in [1.54, 1.807) is 36.4 Å². The third-order valence-electron chi connectivity index (χ3n) is 2.85. The molecule has 0 heterocycles. The van der Waals surface area contributed by atoms with Crippen molar-refractivity contribution >= 4 is 40.8 Å². The number of hydrogen-bond donors (Lipinski definition) is 1. The van der Waals surface area contributed by atoms with Crippen LogP contribution in [0.25, 0.3) is 0 Å². The second-order valence-electron chi connectivity index (χ2n) is 4.45. The van der Waals surface area contributed by atoms with Gasteiger partial charge in [-0.2, -0.15) is 0 Å². The van der Waals surface area contributed by atoms with Gasteiger partial charge in [0.2, 0.25) is 0 Å². The number of ether oxygens (including phenoxy) is 2. The number of amides is 1. The Morgan fingerprint density at radius 3 is 2.52 bits per heavy atom. The van der Waals surface area contributed by atoms with Crippen molar-refractivity contribution in [2.24, 2.45) is 0 Å². The van der Waals surface area contributed by atoms with Gasteiger partial charge >= 0.3 is 5.97 Å². The van der Waals surface area contributed by atoms with Gasteiger partial charge in [-0.3, -0.25) is 4.79 Å². The Hall–Kier alpha value is -2.24. The molecule has 0 atom stereocenters. The first kappa shape index (κ1) is 17.1. The smallest absolute Gasteiger partial charge is 0.341 e. The summed E-state index contributed by atoms with van der Waals surface area (Å²) in [5.41, 5.74) is 0.742. The highest BCUT2D eigenvalue weighted by molar-refractivity contribution is 6.42. The highest BCUT2D eigenvalue weighted by Crippen LogP contribution is 2.25. The van der Waals surface area contributed by atoms with E-state index in [-0.39, 0.29) is 17.9 Å². The molecule has 120 valence electrons. The second kappa shape index (κ2) is 7.85. The van der Waals surface area contributed by atoms with Crippen LogP contribution in [0.5, 0.6) is 5.75 Å². The number of hydrogen-bond acceptors (Lipinski definition) is 4. The molecule has 0 aromatic heterocycles. The molecule has 0 aliphatic heterocycles. The van der Waals surface area contributed by atoms with Crippen molar-refractivity contribution in [2.45, 2.75) is 0 Å². The minimum absolute atomic E-state index is 0.248. The summed E-state index contributed by atoms with van der Waals surface area (Å²) in [5, 5.41) is 3.35. The number of para-hydroxylation sites is 1. The van der Waals surface area contributed by atoms with Crippen LogP contribution in [-0.2, 0) is 9.53 Å². The summed E-state index contributed by atoms with van der Waals surface area (Å²) < 4.78 is 10.0. The molecule has 0 aliphatic carbocycles. The minimum atomic E-state index is -0.537. The predicted octanol–water partition coefficient (Wildman–Crippen LogP) is 3.80. The molecule has 23 heavy (non-hydrogen) atoms. The number of carbonyl (C=O) groups is 2. The van der Waals surface area contributed by atoms with Crippen molar-refractivity contribution < 1.29 is 19.1 Å². The number of halogens is 2. The zero-order valence-electron chi connectivity index (χ0n) is 12.1. The number of benzene rings is 2. The lowest BCUT2D eigenvalue weighted by Gasteiger charge is -2.10. The average molecular weight is 354 g/mol. The largest absolute Gasteiger partial charge is 0.483 e. The Morgan fingerprint density at radius 1 is 1.09 bits per heavy atom. The highest BCUT2D eigenvalue weighted by atomic mass is 35.5. The van der Waals surface area contributed by atoms with E-state index < -0.39 is 11.9 Å². The minimum Gasteiger partial charge on any atom is -0.483 e. The van der Waals surface area contributed by atoms with Crippen LogP contribution in [0.1, 0.15) is 10.4 Å². The van der Waals surface area contributed by atoms with Crippen LogP contribution in [0.3, 0.4) is 0 Å². The topological polar surface area (TPSA) is 64.6 Å². The molecule has 1 amide bonds. The quantitative estimate of drug-likeness (QED) is 0.830. The van der Waals surface area contributed by atoms with E-state index in [0.717, 1.165) is 0 Å².